The maximum atomic E-state index is 2.53. The molecule has 0 amide bonds. The molecule has 7 aromatic carbocycles. The van der Waals surface area contributed by atoms with Gasteiger partial charge in [0.2, 0.25) is 0 Å². The van der Waals surface area contributed by atoms with Gasteiger partial charge in [-0.05, 0) is 114 Å². The summed E-state index contributed by atoms with van der Waals surface area (Å²) in [6.07, 6.45) is 0. The van der Waals surface area contributed by atoms with Crippen molar-refractivity contribution < 1.29 is 0 Å². The van der Waals surface area contributed by atoms with E-state index in [0.717, 1.165) is 0 Å². The zero-order valence-electron chi connectivity index (χ0n) is 30.9. The van der Waals surface area contributed by atoms with E-state index in [1.165, 1.54) is 95.0 Å². The third kappa shape index (κ3) is 4.17. The van der Waals surface area contributed by atoms with Gasteiger partial charge in [-0.2, -0.15) is 0 Å². The molecule has 0 unspecified atom stereocenters. The zero-order valence-corrected chi connectivity index (χ0v) is 30.9. The predicted octanol–water partition coefficient (Wildman–Crippen LogP) is 13.7. The van der Waals surface area contributed by atoms with Crippen LogP contribution in [0.1, 0.15) is 74.9 Å². The van der Waals surface area contributed by atoms with Gasteiger partial charge in [-0.25, -0.2) is 0 Å². The summed E-state index contributed by atoms with van der Waals surface area (Å²) in [6.45, 7) is 14.3. The van der Waals surface area contributed by atoms with Gasteiger partial charge in [-0.15, -0.1) is 0 Å². The van der Waals surface area contributed by atoms with Gasteiger partial charge in [0.1, 0.15) is 0 Å². The number of hydrogen-bond donors (Lipinski definition) is 0. The van der Waals surface area contributed by atoms with Gasteiger partial charge >= 0.3 is 0 Å². The van der Waals surface area contributed by atoms with Crippen molar-refractivity contribution in [2.75, 3.05) is 4.90 Å². The predicted molar refractivity (Wildman–Crippen MR) is 219 cm³/mol. The van der Waals surface area contributed by atoms with Crippen molar-refractivity contribution in [3.05, 3.63) is 185 Å². The molecule has 0 radical (unpaired) electrons. The molecule has 10 rings (SSSR count). The molecule has 1 nitrogen and oxygen atoms in total. The molecule has 0 saturated heterocycles. The monoisotopic (exact) mass is 669 g/mol. The van der Waals surface area contributed by atoms with Crippen LogP contribution in [0.15, 0.2) is 152 Å². The van der Waals surface area contributed by atoms with E-state index in [0.29, 0.717) is 0 Å². The molecule has 0 saturated carbocycles. The van der Waals surface area contributed by atoms with Gasteiger partial charge in [-0.1, -0.05) is 157 Å². The quantitative estimate of drug-likeness (QED) is 0.180. The Hall–Kier alpha value is -5.66. The van der Waals surface area contributed by atoms with Crippen LogP contribution in [0.4, 0.5) is 17.1 Å². The summed E-state index contributed by atoms with van der Waals surface area (Å²) in [5.41, 5.74) is 22.1. The second-order valence-corrected chi connectivity index (χ2v) is 16.6. The van der Waals surface area contributed by atoms with Crippen LogP contribution in [0, 0.1) is 0 Å². The molecular weight excluding hydrogens is 627 g/mol. The van der Waals surface area contributed by atoms with E-state index in [1.807, 2.05) is 0 Å². The molecule has 0 heterocycles. The van der Waals surface area contributed by atoms with E-state index < -0.39 is 0 Å². The van der Waals surface area contributed by atoms with Crippen LogP contribution >= 0.6 is 0 Å². The van der Waals surface area contributed by atoms with E-state index in [9.17, 15) is 0 Å². The first-order chi connectivity index (χ1) is 25.1. The highest BCUT2D eigenvalue weighted by atomic mass is 15.1. The molecule has 52 heavy (non-hydrogen) atoms. The maximum absolute atomic E-state index is 2.53. The lowest BCUT2D eigenvalue weighted by molar-refractivity contribution is 0.660. The Bertz CT molecular complexity index is 2490. The van der Waals surface area contributed by atoms with Crippen molar-refractivity contribution in [2.45, 2.75) is 57.8 Å². The summed E-state index contributed by atoms with van der Waals surface area (Å²) in [6, 6.07) is 57.2. The second kappa shape index (κ2) is 10.7. The summed E-state index contributed by atoms with van der Waals surface area (Å²) in [5, 5.41) is 0. The molecule has 0 spiro atoms. The van der Waals surface area contributed by atoms with Crippen molar-refractivity contribution in [2.24, 2.45) is 0 Å². The molecule has 0 fully saturated rings. The van der Waals surface area contributed by atoms with Crippen LogP contribution in [-0.2, 0) is 16.2 Å². The Labute approximate surface area is 308 Å². The van der Waals surface area contributed by atoms with Gasteiger partial charge in [0.25, 0.3) is 0 Å². The molecule has 7 aromatic rings. The van der Waals surface area contributed by atoms with Gasteiger partial charge in [0.15, 0.2) is 0 Å². The summed E-state index contributed by atoms with van der Waals surface area (Å²) >= 11 is 0. The van der Waals surface area contributed by atoms with Gasteiger partial charge < -0.3 is 4.90 Å². The van der Waals surface area contributed by atoms with Crippen LogP contribution in [0.5, 0.6) is 0 Å². The normalized spacial score (nSPS) is 16.0. The smallest absolute Gasteiger partial charge is 0.0474 e. The lowest BCUT2D eigenvalue weighted by atomic mass is 9.78. The number of hydrogen-bond acceptors (Lipinski definition) is 1. The lowest BCUT2D eigenvalue weighted by Crippen LogP contribution is -2.19. The van der Waals surface area contributed by atoms with Crippen LogP contribution in [0.25, 0.3) is 44.5 Å². The summed E-state index contributed by atoms with van der Waals surface area (Å²) in [4.78, 5) is 2.53. The van der Waals surface area contributed by atoms with Gasteiger partial charge in [-0.3, -0.25) is 0 Å². The SMILES string of the molecule is CC1(C)c2ccccc2-c2ccc(N(c3cc(-c4ccccc4)c4c(c3)-c3ccccc3C4(C)C)c3ccc4c(c3)C(C)(C)c3ccccc3-4)cc21. The highest BCUT2D eigenvalue weighted by Crippen LogP contribution is 2.56. The molecule has 252 valence electrons. The minimum Gasteiger partial charge on any atom is -0.310 e. The fourth-order valence-corrected chi connectivity index (χ4v) is 9.99. The fourth-order valence-electron chi connectivity index (χ4n) is 9.99. The Morgan fingerprint density at radius 3 is 1.23 bits per heavy atom. The van der Waals surface area contributed by atoms with Crippen molar-refractivity contribution in [3.8, 4) is 44.5 Å². The molecule has 3 aliphatic carbocycles. The highest BCUT2D eigenvalue weighted by molar-refractivity contribution is 5.95. The van der Waals surface area contributed by atoms with E-state index in [-0.39, 0.29) is 16.2 Å². The van der Waals surface area contributed by atoms with Crippen molar-refractivity contribution in [1.82, 2.24) is 0 Å². The second-order valence-electron chi connectivity index (χ2n) is 16.6. The number of rotatable bonds is 4. The van der Waals surface area contributed by atoms with Crippen LogP contribution in [-0.4, -0.2) is 0 Å². The van der Waals surface area contributed by atoms with Crippen LogP contribution < -0.4 is 4.90 Å². The molecule has 3 aliphatic rings. The van der Waals surface area contributed by atoms with E-state index in [2.05, 4.69) is 198 Å². The Morgan fingerprint density at radius 2 is 0.712 bits per heavy atom. The van der Waals surface area contributed by atoms with Gasteiger partial charge in [0, 0.05) is 33.3 Å². The molecule has 0 bridgehead atoms. The fraction of sp³-hybridized carbons (Fsp3) is 0.176. The first kappa shape index (κ1) is 31.1. The first-order valence-electron chi connectivity index (χ1n) is 18.7. The number of anilines is 3. The topological polar surface area (TPSA) is 3.24 Å². The molecular formula is C51H43N. The van der Waals surface area contributed by atoms with Crippen molar-refractivity contribution in [1.29, 1.82) is 0 Å². The summed E-state index contributed by atoms with van der Waals surface area (Å²) in [5.74, 6) is 0. The van der Waals surface area contributed by atoms with Crippen molar-refractivity contribution >= 4 is 17.1 Å². The third-order valence-corrected chi connectivity index (χ3v) is 12.6. The molecule has 0 N–H and O–H groups in total. The van der Waals surface area contributed by atoms with E-state index in [4.69, 9.17) is 0 Å². The number of nitrogens with zero attached hydrogens (tertiary/aromatic N) is 1. The first-order valence-corrected chi connectivity index (χ1v) is 18.7. The zero-order chi connectivity index (χ0) is 35.6. The molecule has 0 aliphatic heterocycles. The average molecular weight is 670 g/mol. The Balaban J connectivity index is 1.25. The molecule has 0 aromatic heterocycles. The highest BCUT2D eigenvalue weighted by Gasteiger charge is 2.40. The molecule has 0 atom stereocenters. The average Bonchev–Trinajstić information content (AvgIpc) is 3.65. The van der Waals surface area contributed by atoms with E-state index in [1.54, 1.807) is 0 Å². The summed E-state index contributed by atoms with van der Waals surface area (Å²) < 4.78 is 0. The Morgan fingerprint density at radius 1 is 0.308 bits per heavy atom. The van der Waals surface area contributed by atoms with E-state index >= 15 is 0 Å². The van der Waals surface area contributed by atoms with Crippen LogP contribution in [0.3, 0.4) is 0 Å². The summed E-state index contributed by atoms with van der Waals surface area (Å²) in [7, 11) is 0. The van der Waals surface area contributed by atoms with Gasteiger partial charge in [0.05, 0.1) is 0 Å². The Kier molecular flexibility index (Phi) is 6.39. The van der Waals surface area contributed by atoms with Crippen LogP contribution in [0.2, 0.25) is 0 Å². The maximum Gasteiger partial charge on any atom is 0.0474 e. The number of fused-ring (bicyclic) bond motifs is 9. The van der Waals surface area contributed by atoms with Crippen molar-refractivity contribution in [3.63, 3.8) is 0 Å². The molecule has 1 heteroatoms. The minimum atomic E-state index is -0.132. The minimum absolute atomic E-state index is 0.106. The largest absolute Gasteiger partial charge is 0.310 e. The third-order valence-electron chi connectivity index (χ3n) is 12.6. The number of benzene rings is 7. The standard InChI is InChI=1S/C51H43N/c1-49(2)43-21-13-10-18-36(43)39-26-24-33(30-46(39)49)52(34-25-27-40-37-19-11-14-22-44(37)50(3,4)47(40)31-34)35-28-41(32-16-8-7-9-17-32)48-42(29-35)38-20-12-15-23-45(38)51(48,5)6/h7-31H,1-6H3. The lowest BCUT2D eigenvalue weighted by Gasteiger charge is -2.31.